The Morgan fingerprint density at radius 2 is 1.30 bits per heavy atom. The number of fused-ring (bicyclic) bond motifs is 5. The second-order valence-corrected chi connectivity index (χ2v) is 14.2. The van der Waals surface area contributed by atoms with Crippen molar-refractivity contribution in [2.24, 2.45) is 0 Å². The van der Waals surface area contributed by atoms with Crippen molar-refractivity contribution in [1.29, 1.82) is 0 Å². The Bertz CT molecular complexity index is 2640. The lowest BCUT2D eigenvalue weighted by atomic mass is 9.90. The molecule has 1 nitrogen and oxygen atoms in total. The van der Waals surface area contributed by atoms with Gasteiger partial charge in [0.15, 0.2) is 0 Å². The third kappa shape index (κ3) is 8.79. The molecule has 0 amide bonds. The van der Waals surface area contributed by atoms with E-state index in [2.05, 4.69) is 215 Å². The van der Waals surface area contributed by atoms with Crippen molar-refractivity contribution >= 4 is 60.9 Å². The summed E-state index contributed by atoms with van der Waals surface area (Å²) in [5, 5.41) is 10.2. The molecule has 1 atom stereocenters. The van der Waals surface area contributed by atoms with Gasteiger partial charge in [-0.15, -0.1) is 0 Å². The summed E-state index contributed by atoms with van der Waals surface area (Å²) in [7, 11) is 0. The van der Waals surface area contributed by atoms with Gasteiger partial charge in [-0.1, -0.05) is 192 Å². The van der Waals surface area contributed by atoms with Crippen LogP contribution in [0.4, 0.5) is 5.69 Å². The molecule has 0 fully saturated rings. The highest BCUT2D eigenvalue weighted by atomic mass is 15.2. The summed E-state index contributed by atoms with van der Waals surface area (Å²) in [5.41, 5.74) is 8.58. The highest BCUT2D eigenvalue weighted by Crippen LogP contribution is 2.36. The molecule has 0 spiro atoms. The average Bonchev–Trinajstić information content (AvgIpc) is 3.27. The molecule has 0 heterocycles. The Kier molecular flexibility index (Phi) is 13.9. The molecule has 0 aliphatic rings. The van der Waals surface area contributed by atoms with E-state index in [9.17, 15) is 0 Å². The molecule has 7 aromatic carbocycles. The molecule has 1 unspecified atom stereocenters. The minimum absolute atomic E-state index is 0.197. The monoisotopic (exact) mass is 743 g/mol. The van der Waals surface area contributed by atoms with E-state index in [1.54, 1.807) is 0 Å². The molecule has 0 aromatic heterocycles. The number of hydrogen-bond donors (Lipinski definition) is 0. The summed E-state index contributed by atoms with van der Waals surface area (Å²) in [4.78, 5) is 2.45. The third-order valence-electron chi connectivity index (χ3n) is 10.7. The van der Waals surface area contributed by atoms with E-state index in [-0.39, 0.29) is 5.92 Å². The van der Waals surface area contributed by atoms with Crippen LogP contribution in [0.2, 0.25) is 0 Å². The van der Waals surface area contributed by atoms with E-state index in [1.165, 1.54) is 76.7 Å². The molecular weight excluding hydrogens is 687 g/mol. The molecule has 1 heteroatoms. The molecular formula is C56H57N. The maximum Gasteiger partial charge on any atom is 0.0539 e. The van der Waals surface area contributed by atoms with E-state index in [0.717, 1.165) is 25.0 Å². The zero-order chi connectivity index (χ0) is 40.1. The number of rotatable bonds is 13. The lowest BCUT2D eigenvalue weighted by molar-refractivity contribution is 0.975. The molecule has 7 rings (SSSR count). The Morgan fingerprint density at radius 3 is 2.00 bits per heavy atom. The second kappa shape index (κ2) is 19.6. The number of nitrogens with zero attached hydrogens (tertiary/aromatic N) is 1. The maximum atomic E-state index is 4.15. The number of benzene rings is 7. The highest BCUT2D eigenvalue weighted by Gasteiger charge is 2.18. The number of allylic oxidation sites excluding steroid dienone is 7. The van der Waals surface area contributed by atoms with E-state index < -0.39 is 0 Å². The molecule has 0 radical (unpaired) electrons. The van der Waals surface area contributed by atoms with Crippen molar-refractivity contribution in [3.8, 4) is 0 Å². The standard InChI is InChI=1S/C54H51N.C2H6/c1-6-21-45(27-13-10-24-42-37-40(8-3)46(22-7-2)50-31-17-16-29-47(42)50)55(54-34-20-26-41-23-11-15-30-49(41)54)44(9-4)36-35-39(5)53-38-43-25-12-14-28-48(43)51-32-18-19-33-52(51)53;1-2/h7-9,11-23,25-39H,3,6,10,24H2,1-2,4-5H3;1-2H3/b22-7-,27-13?,36-35-,44-9+,45-21+;. The summed E-state index contributed by atoms with van der Waals surface area (Å²) < 4.78 is 0. The lowest BCUT2D eigenvalue weighted by Gasteiger charge is -2.29. The van der Waals surface area contributed by atoms with Gasteiger partial charge < -0.3 is 4.90 Å². The Balaban J connectivity index is 0.00000270. The summed E-state index contributed by atoms with van der Waals surface area (Å²) in [6.45, 7) is 16.9. The molecule has 0 N–H and O–H groups in total. The quantitative estimate of drug-likeness (QED) is 0.0840. The number of anilines is 1. The van der Waals surface area contributed by atoms with E-state index in [0.29, 0.717) is 0 Å². The van der Waals surface area contributed by atoms with Crippen LogP contribution in [-0.4, -0.2) is 0 Å². The summed E-state index contributed by atoms with van der Waals surface area (Å²) in [6.07, 6.45) is 23.0. The van der Waals surface area contributed by atoms with Gasteiger partial charge in [0.2, 0.25) is 0 Å². The predicted octanol–water partition coefficient (Wildman–Crippen LogP) is 16.6. The van der Waals surface area contributed by atoms with Crippen LogP contribution in [0.5, 0.6) is 0 Å². The summed E-state index contributed by atoms with van der Waals surface area (Å²) >= 11 is 0. The van der Waals surface area contributed by atoms with Gasteiger partial charge in [-0.2, -0.15) is 0 Å². The van der Waals surface area contributed by atoms with Crippen LogP contribution in [0.1, 0.15) is 82.6 Å². The molecule has 0 aliphatic heterocycles. The molecule has 0 aliphatic carbocycles. The van der Waals surface area contributed by atoms with Gasteiger partial charge in [-0.05, 0) is 123 Å². The Morgan fingerprint density at radius 1 is 0.667 bits per heavy atom. The fourth-order valence-electron chi connectivity index (χ4n) is 8.05. The van der Waals surface area contributed by atoms with Gasteiger partial charge in [0.05, 0.1) is 5.69 Å². The topological polar surface area (TPSA) is 3.24 Å². The smallest absolute Gasteiger partial charge is 0.0539 e. The van der Waals surface area contributed by atoms with Gasteiger partial charge in [-0.3, -0.25) is 0 Å². The number of aryl methyl sites for hydroxylation is 1. The largest absolute Gasteiger partial charge is 0.311 e. The second-order valence-electron chi connectivity index (χ2n) is 14.2. The van der Waals surface area contributed by atoms with Gasteiger partial charge >= 0.3 is 0 Å². The van der Waals surface area contributed by atoms with Crippen molar-refractivity contribution in [3.63, 3.8) is 0 Å². The first kappa shape index (κ1) is 40.5. The summed E-state index contributed by atoms with van der Waals surface area (Å²) in [5.74, 6) is 0.197. The maximum absolute atomic E-state index is 4.15. The predicted molar refractivity (Wildman–Crippen MR) is 255 cm³/mol. The van der Waals surface area contributed by atoms with Gasteiger partial charge in [0.25, 0.3) is 0 Å². The molecule has 286 valence electrons. The first-order valence-corrected chi connectivity index (χ1v) is 20.8. The Hall–Kier alpha value is -6.18. The van der Waals surface area contributed by atoms with E-state index in [1.807, 2.05) is 19.9 Å². The molecule has 0 bridgehead atoms. The lowest BCUT2D eigenvalue weighted by Crippen LogP contribution is -2.20. The fourth-order valence-corrected chi connectivity index (χ4v) is 8.05. The van der Waals surface area contributed by atoms with Crippen molar-refractivity contribution in [1.82, 2.24) is 0 Å². The van der Waals surface area contributed by atoms with Crippen LogP contribution < -0.4 is 4.90 Å². The van der Waals surface area contributed by atoms with E-state index >= 15 is 0 Å². The van der Waals surface area contributed by atoms with Crippen LogP contribution in [0.3, 0.4) is 0 Å². The van der Waals surface area contributed by atoms with Crippen molar-refractivity contribution in [2.75, 3.05) is 4.90 Å². The first-order valence-electron chi connectivity index (χ1n) is 20.8. The zero-order valence-corrected chi connectivity index (χ0v) is 34.7. The van der Waals surface area contributed by atoms with Crippen LogP contribution in [0.15, 0.2) is 188 Å². The fraction of sp³-hybridized carbons (Fsp3) is 0.179. The van der Waals surface area contributed by atoms with Gasteiger partial charge in [0, 0.05) is 16.8 Å². The molecule has 0 saturated carbocycles. The van der Waals surface area contributed by atoms with Crippen molar-refractivity contribution in [3.05, 3.63) is 210 Å². The first-order chi connectivity index (χ1) is 28.1. The third-order valence-corrected chi connectivity index (χ3v) is 10.7. The zero-order valence-electron chi connectivity index (χ0n) is 34.7. The van der Waals surface area contributed by atoms with Crippen LogP contribution >= 0.6 is 0 Å². The minimum Gasteiger partial charge on any atom is -0.311 e. The highest BCUT2D eigenvalue weighted by molar-refractivity contribution is 6.09. The summed E-state index contributed by atoms with van der Waals surface area (Å²) in [6, 6.07) is 46.4. The van der Waals surface area contributed by atoms with Gasteiger partial charge in [0.1, 0.15) is 0 Å². The van der Waals surface area contributed by atoms with Crippen LogP contribution in [-0.2, 0) is 6.42 Å². The van der Waals surface area contributed by atoms with Crippen LogP contribution in [0.25, 0.3) is 55.2 Å². The van der Waals surface area contributed by atoms with Gasteiger partial charge in [-0.25, -0.2) is 0 Å². The minimum atomic E-state index is 0.197. The van der Waals surface area contributed by atoms with E-state index in [4.69, 9.17) is 0 Å². The normalized spacial score (nSPS) is 12.9. The van der Waals surface area contributed by atoms with Crippen molar-refractivity contribution in [2.45, 2.75) is 66.7 Å². The molecule has 0 saturated heterocycles. The molecule has 57 heavy (non-hydrogen) atoms. The van der Waals surface area contributed by atoms with Crippen LogP contribution in [0, 0.1) is 0 Å². The average molecular weight is 744 g/mol. The molecule has 7 aromatic rings. The number of hydrogen-bond acceptors (Lipinski definition) is 1. The van der Waals surface area contributed by atoms with Crippen molar-refractivity contribution < 1.29 is 0 Å². The SMILES string of the molecule is C=Cc1cc(CCC=C/C(=C\CC)N(C(/C=C\C(C)c2cc3ccccc3c3ccccc23)=C/C)c2cccc3ccccc23)c2ccccc2c1/C=C\C.CC. The Labute approximate surface area is 341 Å².